The van der Waals surface area contributed by atoms with Crippen LogP contribution in [0.4, 0.5) is 5.69 Å². The normalized spacial score (nSPS) is 9.83. The minimum atomic E-state index is -1.07. The third-order valence-corrected chi connectivity index (χ3v) is 2.93. The summed E-state index contributed by atoms with van der Waals surface area (Å²) in [4.78, 5) is 23.9. The molecule has 0 radical (unpaired) electrons. The van der Waals surface area contributed by atoms with Gasteiger partial charge in [0.2, 0.25) is 0 Å². The first-order valence-electron chi connectivity index (χ1n) is 5.12. The van der Waals surface area contributed by atoms with E-state index in [4.69, 9.17) is 10.8 Å². The van der Waals surface area contributed by atoms with Crippen molar-refractivity contribution in [3.8, 4) is 0 Å². The summed E-state index contributed by atoms with van der Waals surface area (Å²) in [5.41, 5.74) is 6.45. The first kappa shape index (κ1) is 14.2. The van der Waals surface area contributed by atoms with E-state index >= 15 is 0 Å². The number of nitrogens with two attached hydrogens (primary N) is 1. The Morgan fingerprint density at radius 2 is 2.17 bits per heavy atom. The van der Waals surface area contributed by atoms with Gasteiger partial charge in [-0.2, -0.15) is 0 Å². The molecule has 1 aromatic carbocycles. The van der Waals surface area contributed by atoms with Crippen LogP contribution >= 0.6 is 15.9 Å². The topological polar surface area (TPSA) is 83.6 Å². The molecule has 0 fully saturated rings. The zero-order valence-corrected chi connectivity index (χ0v) is 11.2. The van der Waals surface area contributed by atoms with E-state index in [9.17, 15) is 9.59 Å². The highest BCUT2D eigenvalue weighted by Crippen LogP contribution is 2.21. The number of nitrogens with zero attached hydrogens (tertiary/aromatic N) is 1. The predicted octanol–water partition coefficient (Wildman–Crippen LogP) is 1.74. The molecule has 3 N–H and O–H groups in total. The van der Waals surface area contributed by atoms with Gasteiger partial charge in [-0.25, -0.2) is 0 Å². The van der Waals surface area contributed by atoms with Gasteiger partial charge in [0.05, 0.1) is 0 Å². The average Bonchev–Trinajstić information content (AvgIpc) is 2.31. The fourth-order valence-corrected chi connectivity index (χ4v) is 1.64. The highest BCUT2D eigenvalue weighted by molar-refractivity contribution is 9.10. The minimum Gasteiger partial charge on any atom is -0.480 e. The van der Waals surface area contributed by atoms with Crippen molar-refractivity contribution in [2.75, 3.05) is 18.8 Å². The second-order valence-corrected chi connectivity index (χ2v) is 4.46. The lowest BCUT2D eigenvalue weighted by molar-refractivity contribution is -0.137. The van der Waals surface area contributed by atoms with Gasteiger partial charge in [0.1, 0.15) is 6.54 Å². The highest BCUT2D eigenvalue weighted by Gasteiger charge is 2.17. The van der Waals surface area contributed by atoms with E-state index in [1.165, 1.54) is 17.0 Å². The van der Waals surface area contributed by atoms with E-state index in [2.05, 4.69) is 22.5 Å². The number of rotatable bonds is 5. The number of carboxylic acid groups (broad SMARTS) is 1. The summed E-state index contributed by atoms with van der Waals surface area (Å²) in [5.74, 6) is -1.47. The van der Waals surface area contributed by atoms with Gasteiger partial charge in [0.25, 0.3) is 5.91 Å². The Labute approximate surface area is 113 Å². The second-order valence-electron chi connectivity index (χ2n) is 3.60. The molecule has 96 valence electrons. The minimum absolute atomic E-state index is 0.168. The van der Waals surface area contributed by atoms with Crippen molar-refractivity contribution in [1.29, 1.82) is 0 Å². The van der Waals surface area contributed by atoms with Crippen molar-refractivity contribution < 1.29 is 14.7 Å². The summed E-state index contributed by atoms with van der Waals surface area (Å²) in [6.07, 6.45) is 1.48. The van der Waals surface area contributed by atoms with Gasteiger partial charge in [-0.15, -0.1) is 6.58 Å². The standard InChI is InChI=1S/C12H13BrN2O3/c1-2-5-15(7-11(16)17)12(18)8-3-4-9(13)10(14)6-8/h2-4,6H,1,5,7,14H2,(H,16,17). The number of hydrogen-bond acceptors (Lipinski definition) is 3. The van der Waals surface area contributed by atoms with E-state index in [0.717, 1.165) is 0 Å². The van der Waals surface area contributed by atoms with Crippen LogP contribution in [-0.2, 0) is 4.79 Å². The van der Waals surface area contributed by atoms with Crippen molar-refractivity contribution >= 4 is 33.5 Å². The Morgan fingerprint density at radius 3 is 2.67 bits per heavy atom. The van der Waals surface area contributed by atoms with Gasteiger partial charge < -0.3 is 15.7 Å². The zero-order valence-electron chi connectivity index (χ0n) is 9.60. The number of carbonyl (C=O) groups excluding carboxylic acids is 1. The molecule has 0 atom stereocenters. The van der Waals surface area contributed by atoms with Crippen LogP contribution in [0, 0.1) is 0 Å². The Morgan fingerprint density at radius 1 is 1.50 bits per heavy atom. The lowest BCUT2D eigenvalue weighted by atomic mass is 10.1. The first-order chi connectivity index (χ1) is 8.45. The Balaban J connectivity index is 2.97. The molecule has 0 aliphatic rings. The van der Waals surface area contributed by atoms with Crippen LogP contribution in [0.15, 0.2) is 35.3 Å². The summed E-state index contributed by atoms with van der Waals surface area (Å²) < 4.78 is 0.688. The Hall–Kier alpha value is -1.82. The van der Waals surface area contributed by atoms with Crippen LogP contribution in [0.2, 0.25) is 0 Å². The summed E-state index contributed by atoms with van der Waals surface area (Å²) in [6.45, 7) is 3.29. The zero-order chi connectivity index (χ0) is 13.7. The van der Waals surface area contributed by atoms with Gasteiger partial charge in [-0.1, -0.05) is 6.08 Å². The van der Waals surface area contributed by atoms with Gasteiger partial charge >= 0.3 is 5.97 Å². The predicted molar refractivity (Wildman–Crippen MR) is 72.3 cm³/mol. The van der Waals surface area contributed by atoms with Crippen LogP contribution in [0.5, 0.6) is 0 Å². The number of anilines is 1. The lowest BCUT2D eigenvalue weighted by Crippen LogP contribution is -2.35. The maximum atomic E-state index is 12.1. The maximum absolute atomic E-state index is 12.1. The molecule has 18 heavy (non-hydrogen) atoms. The molecule has 6 heteroatoms. The first-order valence-corrected chi connectivity index (χ1v) is 5.92. The molecular weight excluding hydrogens is 300 g/mol. The van der Waals surface area contributed by atoms with E-state index in [0.29, 0.717) is 15.7 Å². The molecular formula is C12H13BrN2O3. The second kappa shape index (κ2) is 6.20. The van der Waals surface area contributed by atoms with Gasteiger partial charge in [-0.3, -0.25) is 9.59 Å². The SMILES string of the molecule is C=CCN(CC(=O)O)C(=O)c1ccc(Br)c(N)c1. The molecule has 5 nitrogen and oxygen atoms in total. The van der Waals surface area contributed by atoms with Crippen LogP contribution in [0.1, 0.15) is 10.4 Å². The number of nitrogen functional groups attached to an aromatic ring is 1. The van der Waals surface area contributed by atoms with Crippen LogP contribution in [-0.4, -0.2) is 35.0 Å². The molecule has 0 aliphatic carbocycles. The number of amides is 1. The van der Waals surface area contributed by atoms with Crippen molar-refractivity contribution in [1.82, 2.24) is 4.90 Å². The summed E-state index contributed by atoms with van der Waals surface area (Å²) in [5, 5.41) is 8.74. The molecule has 0 saturated heterocycles. The van der Waals surface area contributed by atoms with Crippen LogP contribution in [0.25, 0.3) is 0 Å². The molecule has 0 bridgehead atoms. The molecule has 0 aliphatic heterocycles. The van der Waals surface area contributed by atoms with E-state index in [-0.39, 0.29) is 13.1 Å². The van der Waals surface area contributed by atoms with Crippen LogP contribution < -0.4 is 5.73 Å². The summed E-state index contributed by atoms with van der Waals surface area (Å²) in [7, 11) is 0. The van der Waals surface area contributed by atoms with Crippen LogP contribution in [0.3, 0.4) is 0 Å². The molecule has 1 amide bonds. The third-order valence-electron chi connectivity index (χ3n) is 2.21. The largest absolute Gasteiger partial charge is 0.480 e. The number of carbonyl (C=O) groups is 2. The molecule has 0 aromatic heterocycles. The van der Waals surface area contributed by atoms with E-state index < -0.39 is 11.9 Å². The third kappa shape index (κ3) is 3.59. The smallest absolute Gasteiger partial charge is 0.323 e. The van der Waals surface area contributed by atoms with Crippen molar-refractivity contribution in [3.63, 3.8) is 0 Å². The lowest BCUT2D eigenvalue weighted by Gasteiger charge is -2.19. The molecule has 1 rings (SSSR count). The summed E-state index contributed by atoms with van der Waals surface area (Å²) >= 11 is 3.23. The van der Waals surface area contributed by atoms with E-state index in [1.807, 2.05) is 0 Å². The fraction of sp³-hybridized carbons (Fsp3) is 0.167. The van der Waals surface area contributed by atoms with Crippen molar-refractivity contribution in [3.05, 3.63) is 40.9 Å². The van der Waals surface area contributed by atoms with Gasteiger partial charge in [0.15, 0.2) is 0 Å². The fourth-order valence-electron chi connectivity index (χ4n) is 1.40. The monoisotopic (exact) mass is 312 g/mol. The molecule has 0 spiro atoms. The highest BCUT2D eigenvalue weighted by atomic mass is 79.9. The van der Waals surface area contributed by atoms with E-state index in [1.54, 1.807) is 12.1 Å². The Bertz CT molecular complexity index is 488. The molecule has 0 unspecified atom stereocenters. The molecule has 0 heterocycles. The van der Waals surface area contributed by atoms with Gasteiger partial charge in [-0.05, 0) is 34.1 Å². The summed E-state index contributed by atoms with van der Waals surface area (Å²) in [6, 6.07) is 4.74. The molecule has 0 saturated carbocycles. The molecule has 1 aromatic rings. The van der Waals surface area contributed by atoms with Crippen molar-refractivity contribution in [2.45, 2.75) is 0 Å². The number of halogens is 1. The number of carboxylic acids is 1. The average molecular weight is 313 g/mol. The Kier molecular flexibility index (Phi) is 4.91. The number of aliphatic carboxylic acids is 1. The number of hydrogen-bond donors (Lipinski definition) is 2. The van der Waals surface area contributed by atoms with Crippen molar-refractivity contribution in [2.24, 2.45) is 0 Å². The number of benzene rings is 1. The van der Waals surface area contributed by atoms with Gasteiger partial charge in [0, 0.05) is 22.3 Å². The quantitative estimate of drug-likeness (QED) is 0.641. The maximum Gasteiger partial charge on any atom is 0.323 e.